The van der Waals surface area contributed by atoms with E-state index in [0.29, 0.717) is 6.54 Å². The zero-order valence-corrected chi connectivity index (χ0v) is 18.3. The molecule has 0 spiro atoms. The molecule has 162 valence electrons. The first-order valence-electron chi connectivity index (χ1n) is 10.2. The van der Waals surface area contributed by atoms with Gasteiger partial charge in [0.25, 0.3) is 0 Å². The van der Waals surface area contributed by atoms with E-state index < -0.39 is 11.7 Å². The lowest BCUT2D eigenvalue weighted by atomic mass is 9.88. The van der Waals surface area contributed by atoms with Gasteiger partial charge in [0.1, 0.15) is 12.2 Å². The predicted octanol–water partition coefficient (Wildman–Crippen LogP) is 3.54. The number of likely N-dealkylation sites (tertiary alicyclic amines) is 1. The molecule has 0 bridgehead atoms. The molecular formula is C22H35N3O4. The van der Waals surface area contributed by atoms with Crippen LogP contribution in [0.3, 0.4) is 0 Å². The maximum atomic E-state index is 12.1. The Labute approximate surface area is 174 Å². The van der Waals surface area contributed by atoms with Crippen LogP contribution in [0, 0.1) is 5.41 Å². The van der Waals surface area contributed by atoms with Gasteiger partial charge in [0, 0.05) is 19.6 Å². The predicted molar refractivity (Wildman–Crippen MR) is 113 cm³/mol. The fourth-order valence-corrected chi connectivity index (χ4v) is 3.38. The Kier molecular flexibility index (Phi) is 7.90. The molecule has 0 saturated carbocycles. The Balaban J connectivity index is 1.65. The summed E-state index contributed by atoms with van der Waals surface area (Å²) in [4.78, 5) is 26.2. The number of carbonyl (C=O) groups is 2. The van der Waals surface area contributed by atoms with Gasteiger partial charge in [0.2, 0.25) is 0 Å². The van der Waals surface area contributed by atoms with Crippen molar-refractivity contribution in [1.29, 1.82) is 0 Å². The summed E-state index contributed by atoms with van der Waals surface area (Å²) >= 11 is 0. The van der Waals surface area contributed by atoms with E-state index in [1.54, 1.807) is 0 Å². The Hall–Kier alpha value is -2.28. The molecule has 1 atom stereocenters. The average Bonchev–Trinajstić information content (AvgIpc) is 2.89. The third-order valence-corrected chi connectivity index (χ3v) is 4.84. The average molecular weight is 406 g/mol. The van der Waals surface area contributed by atoms with Crippen molar-refractivity contribution in [2.75, 3.05) is 26.2 Å². The normalized spacial score (nSPS) is 18.9. The number of nitrogens with one attached hydrogen (secondary N) is 2. The summed E-state index contributed by atoms with van der Waals surface area (Å²) in [6.07, 6.45) is 0.0377. The molecule has 2 N–H and O–H groups in total. The largest absolute Gasteiger partial charge is 0.445 e. The maximum absolute atomic E-state index is 12.1. The number of hydrogen-bond acceptors (Lipinski definition) is 5. The lowest BCUT2D eigenvalue weighted by Gasteiger charge is -2.28. The highest BCUT2D eigenvalue weighted by Gasteiger charge is 2.40. The maximum Gasteiger partial charge on any atom is 0.407 e. The van der Waals surface area contributed by atoms with Crippen LogP contribution >= 0.6 is 0 Å². The van der Waals surface area contributed by atoms with Crippen LogP contribution in [-0.2, 0) is 16.1 Å². The van der Waals surface area contributed by atoms with Gasteiger partial charge in [-0.05, 0) is 44.7 Å². The number of alkyl carbamates (subject to hydrolysis) is 2. The second-order valence-electron chi connectivity index (χ2n) is 9.26. The van der Waals surface area contributed by atoms with E-state index in [4.69, 9.17) is 9.47 Å². The molecule has 7 nitrogen and oxygen atoms in total. The van der Waals surface area contributed by atoms with E-state index in [1.807, 2.05) is 51.1 Å². The summed E-state index contributed by atoms with van der Waals surface area (Å²) in [6.45, 7) is 13.2. The van der Waals surface area contributed by atoms with Crippen molar-refractivity contribution in [2.45, 2.75) is 59.3 Å². The van der Waals surface area contributed by atoms with Crippen LogP contribution in [0.4, 0.5) is 9.59 Å². The first-order valence-corrected chi connectivity index (χ1v) is 10.2. The molecule has 1 aliphatic rings. The summed E-state index contributed by atoms with van der Waals surface area (Å²) in [5.41, 5.74) is 0.414. The summed E-state index contributed by atoms with van der Waals surface area (Å²) in [7, 11) is 0. The Morgan fingerprint density at radius 3 is 2.52 bits per heavy atom. The molecule has 7 heteroatoms. The molecule has 0 radical (unpaired) electrons. The van der Waals surface area contributed by atoms with Crippen molar-refractivity contribution in [3.05, 3.63) is 35.9 Å². The minimum Gasteiger partial charge on any atom is -0.445 e. The summed E-state index contributed by atoms with van der Waals surface area (Å²) in [5.74, 6) is 0. The number of ether oxygens (including phenoxy) is 2. The van der Waals surface area contributed by atoms with Crippen molar-refractivity contribution in [3.8, 4) is 0 Å². The van der Waals surface area contributed by atoms with Crippen LogP contribution in [-0.4, -0.2) is 54.9 Å². The van der Waals surface area contributed by atoms with Gasteiger partial charge in [0.15, 0.2) is 0 Å². The zero-order chi connectivity index (χ0) is 21.5. The smallest absolute Gasteiger partial charge is 0.407 e. The van der Waals surface area contributed by atoms with E-state index >= 15 is 0 Å². The molecule has 2 amide bonds. The van der Waals surface area contributed by atoms with Gasteiger partial charge in [-0.1, -0.05) is 44.2 Å². The number of amides is 2. The second kappa shape index (κ2) is 9.96. The molecule has 2 rings (SSSR count). The second-order valence-corrected chi connectivity index (χ2v) is 9.26. The van der Waals surface area contributed by atoms with Crippen LogP contribution in [0.1, 0.15) is 46.6 Å². The minimum absolute atomic E-state index is 0.0288. The van der Waals surface area contributed by atoms with E-state index in [0.717, 1.165) is 31.6 Å². The van der Waals surface area contributed by atoms with E-state index in [1.165, 1.54) is 0 Å². The fraction of sp³-hybridized carbons (Fsp3) is 0.636. The number of carbonyl (C=O) groups excluding carboxylic acids is 2. The van der Waals surface area contributed by atoms with Crippen molar-refractivity contribution in [3.63, 3.8) is 0 Å². The number of hydrogen-bond donors (Lipinski definition) is 2. The molecule has 1 aromatic rings. The summed E-state index contributed by atoms with van der Waals surface area (Å²) in [6, 6.07) is 9.63. The lowest BCUT2D eigenvalue weighted by Crippen LogP contribution is -2.46. The van der Waals surface area contributed by atoms with E-state index in [2.05, 4.69) is 29.4 Å². The SMILES string of the molecule is CC(C)(C)OC(=O)N[C@H]1CN(CCCNC(=O)OCc2ccccc2)CC1(C)C. The molecule has 0 aromatic heterocycles. The van der Waals surface area contributed by atoms with Crippen LogP contribution in [0.15, 0.2) is 30.3 Å². The first-order chi connectivity index (χ1) is 13.5. The molecule has 29 heavy (non-hydrogen) atoms. The first kappa shape index (κ1) is 23.0. The molecule has 1 saturated heterocycles. The van der Waals surface area contributed by atoms with Crippen LogP contribution in [0.2, 0.25) is 0 Å². The van der Waals surface area contributed by atoms with Gasteiger partial charge in [-0.3, -0.25) is 0 Å². The van der Waals surface area contributed by atoms with Crippen molar-refractivity contribution >= 4 is 12.2 Å². The topological polar surface area (TPSA) is 79.9 Å². The Bertz CT molecular complexity index is 670. The van der Waals surface area contributed by atoms with Gasteiger partial charge >= 0.3 is 12.2 Å². The standard InChI is InChI=1S/C22H35N3O4/c1-21(2,3)29-20(27)24-18-14-25(16-22(18,4)5)13-9-12-23-19(26)28-15-17-10-7-6-8-11-17/h6-8,10-11,18H,9,12-16H2,1-5H3,(H,23,26)(H,24,27)/t18-/m0/s1. The van der Waals surface area contributed by atoms with E-state index in [9.17, 15) is 9.59 Å². The molecule has 1 aliphatic heterocycles. The van der Waals surface area contributed by atoms with Gasteiger partial charge < -0.3 is 25.0 Å². The quantitative estimate of drug-likeness (QED) is 0.679. The molecule has 1 fully saturated rings. The third-order valence-electron chi connectivity index (χ3n) is 4.84. The zero-order valence-electron chi connectivity index (χ0n) is 18.3. The number of nitrogens with zero attached hydrogens (tertiary/aromatic N) is 1. The van der Waals surface area contributed by atoms with Gasteiger partial charge in [-0.2, -0.15) is 0 Å². The van der Waals surface area contributed by atoms with E-state index in [-0.39, 0.29) is 24.2 Å². The third kappa shape index (κ3) is 8.31. The monoisotopic (exact) mass is 405 g/mol. The Morgan fingerprint density at radius 2 is 1.86 bits per heavy atom. The van der Waals surface area contributed by atoms with Gasteiger partial charge in [0.05, 0.1) is 6.04 Å². The molecule has 0 aliphatic carbocycles. The molecule has 0 unspecified atom stereocenters. The molecule has 1 heterocycles. The number of benzene rings is 1. The highest BCUT2D eigenvalue weighted by atomic mass is 16.6. The van der Waals surface area contributed by atoms with Crippen molar-refractivity contribution in [2.24, 2.45) is 5.41 Å². The summed E-state index contributed by atoms with van der Waals surface area (Å²) in [5, 5.41) is 5.79. The Morgan fingerprint density at radius 1 is 1.17 bits per heavy atom. The summed E-state index contributed by atoms with van der Waals surface area (Å²) < 4.78 is 10.6. The van der Waals surface area contributed by atoms with Gasteiger partial charge in [-0.15, -0.1) is 0 Å². The van der Waals surface area contributed by atoms with Crippen molar-refractivity contribution < 1.29 is 19.1 Å². The van der Waals surface area contributed by atoms with Crippen LogP contribution < -0.4 is 10.6 Å². The highest BCUT2D eigenvalue weighted by molar-refractivity contribution is 5.68. The van der Waals surface area contributed by atoms with Gasteiger partial charge in [-0.25, -0.2) is 9.59 Å². The minimum atomic E-state index is -0.507. The fourth-order valence-electron chi connectivity index (χ4n) is 3.38. The molecule has 1 aromatic carbocycles. The van der Waals surface area contributed by atoms with Crippen molar-refractivity contribution in [1.82, 2.24) is 15.5 Å². The highest BCUT2D eigenvalue weighted by Crippen LogP contribution is 2.29. The van der Waals surface area contributed by atoms with Crippen LogP contribution in [0.5, 0.6) is 0 Å². The van der Waals surface area contributed by atoms with Crippen LogP contribution in [0.25, 0.3) is 0 Å². The molecular weight excluding hydrogens is 370 g/mol. The number of rotatable bonds is 7. The lowest BCUT2D eigenvalue weighted by molar-refractivity contribution is 0.0479.